The molecule has 0 fully saturated rings. The van der Waals surface area contributed by atoms with Crippen molar-refractivity contribution in [2.75, 3.05) is 0 Å². The zero-order valence-corrected chi connectivity index (χ0v) is 12.1. The lowest BCUT2D eigenvalue weighted by Gasteiger charge is -2.26. The van der Waals surface area contributed by atoms with Gasteiger partial charge in [-0.1, -0.05) is 24.3 Å². The van der Waals surface area contributed by atoms with Crippen LogP contribution in [0.15, 0.2) is 48.2 Å². The summed E-state index contributed by atoms with van der Waals surface area (Å²) in [5.41, 5.74) is 3.17. The molecule has 1 aliphatic rings. The van der Waals surface area contributed by atoms with Gasteiger partial charge in [0.2, 0.25) is 0 Å². The number of aromatic nitrogens is 1. The minimum Gasteiger partial charge on any atom is -0.451 e. The molecule has 0 bridgehead atoms. The Morgan fingerprint density at radius 3 is 2.75 bits per heavy atom. The fourth-order valence-electron chi connectivity index (χ4n) is 2.56. The van der Waals surface area contributed by atoms with Gasteiger partial charge >= 0.3 is 5.97 Å². The second-order valence-corrected chi connectivity index (χ2v) is 5.34. The predicted octanol–water partition coefficient (Wildman–Crippen LogP) is 3.99. The fourth-order valence-corrected chi connectivity index (χ4v) is 2.56. The van der Waals surface area contributed by atoms with Gasteiger partial charge < -0.3 is 4.74 Å². The van der Waals surface area contributed by atoms with Crippen molar-refractivity contribution in [1.29, 1.82) is 0 Å². The molecule has 3 heteroatoms. The van der Waals surface area contributed by atoms with Crippen molar-refractivity contribution in [2.24, 2.45) is 5.92 Å². The van der Waals surface area contributed by atoms with E-state index in [1.807, 2.05) is 18.2 Å². The monoisotopic (exact) mass is 271 g/mol. The number of carbonyl (C=O) groups excluding carboxylic acids is 1. The SMILES string of the molecule is C=C(C)[C@@H]1CC=C(C(OC(C)=O)c2ccccn2)CC1. The molecule has 106 valence electrons. The standard InChI is InChI=1S/C17H21NO2/c1-12(2)14-7-9-15(10-8-14)17(20-13(3)19)16-6-4-5-11-18-16/h4-6,9,11,14,17H,1,7-8,10H2,2-3H3/t14-,17?/m1/s1. The molecule has 2 rings (SSSR count). The van der Waals surface area contributed by atoms with Crippen LogP contribution in [0.25, 0.3) is 0 Å². The Hall–Kier alpha value is -1.90. The largest absolute Gasteiger partial charge is 0.451 e. The lowest BCUT2D eigenvalue weighted by molar-refractivity contribution is -0.145. The van der Waals surface area contributed by atoms with Crippen molar-refractivity contribution in [3.8, 4) is 0 Å². The Kier molecular flexibility index (Phi) is 4.72. The maximum Gasteiger partial charge on any atom is 0.303 e. The third kappa shape index (κ3) is 3.56. The van der Waals surface area contributed by atoms with Crippen LogP contribution >= 0.6 is 0 Å². The van der Waals surface area contributed by atoms with E-state index in [2.05, 4.69) is 24.6 Å². The van der Waals surface area contributed by atoms with Crippen LogP contribution in [-0.2, 0) is 9.53 Å². The van der Waals surface area contributed by atoms with E-state index >= 15 is 0 Å². The quantitative estimate of drug-likeness (QED) is 0.614. The number of hydrogen-bond acceptors (Lipinski definition) is 3. The summed E-state index contributed by atoms with van der Waals surface area (Å²) >= 11 is 0. The first kappa shape index (κ1) is 14.5. The molecular formula is C17H21NO2. The van der Waals surface area contributed by atoms with E-state index in [0.29, 0.717) is 5.92 Å². The first-order valence-corrected chi connectivity index (χ1v) is 7.00. The van der Waals surface area contributed by atoms with Crippen molar-refractivity contribution in [3.05, 3.63) is 53.9 Å². The molecule has 0 spiro atoms. The molecule has 0 radical (unpaired) electrons. The predicted molar refractivity (Wildman–Crippen MR) is 79.0 cm³/mol. The first-order valence-electron chi connectivity index (χ1n) is 7.00. The highest BCUT2D eigenvalue weighted by molar-refractivity contribution is 5.66. The number of carbonyl (C=O) groups is 1. The number of rotatable bonds is 4. The highest BCUT2D eigenvalue weighted by atomic mass is 16.5. The number of allylic oxidation sites excluding steroid dienone is 2. The molecule has 1 aliphatic carbocycles. The molecular weight excluding hydrogens is 250 g/mol. The fraction of sp³-hybridized carbons (Fsp3) is 0.412. The molecule has 0 N–H and O–H groups in total. The van der Waals surface area contributed by atoms with Crippen LogP contribution in [0.1, 0.15) is 44.9 Å². The van der Waals surface area contributed by atoms with Gasteiger partial charge in [-0.25, -0.2) is 0 Å². The number of nitrogens with zero attached hydrogens (tertiary/aromatic N) is 1. The molecule has 2 atom stereocenters. The van der Waals surface area contributed by atoms with E-state index in [0.717, 1.165) is 30.5 Å². The summed E-state index contributed by atoms with van der Waals surface area (Å²) in [5, 5.41) is 0. The number of ether oxygens (including phenoxy) is 1. The topological polar surface area (TPSA) is 39.2 Å². The molecule has 1 unspecified atom stereocenters. The molecule has 3 nitrogen and oxygen atoms in total. The van der Waals surface area contributed by atoms with E-state index in [1.165, 1.54) is 12.5 Å². The smallest absolute Gasteiger partial charge is 0.303 e. The number of esters is 1. The van der Waals surface area contributed by atoms with Gasteiger partial charge in [-0.05, 0) is 49.8 Å². The average Bonchev–Trinajstić information content (AvgIpc) is 2.45. The number of pyridine rings is 1. The van der Waals surface area contributed by atoms with Crippen LogP contribution in [0.3, 0.4) is 0 Å². The minimum absolute atomic E-state index is 0.274. The lowest BCUT2D eigenvalue weighted by Crippen LogP contribution is -2.16. The van der Waals surface area contributed by atoms with Crippen molar-refractivity contribution < 1.29 is 9.53 Å². The molecule has 0 amide bonds. The lowest BCUT2D eigenvalue weighted by atomic mass is 9.83. The van der Waals surface area contributed by atoms with Gasteiger partial charge in [0.05, 0.1) is 5.69 Å². The third-order valence-corrected chi connectivity index (χ3v) is 3.72. The Balaban J connectivity index is 2.20. The highest BCUT2D eigenvalue weighted by Gasteiger charge is 2.25. The summed E-state index contributed by atoms with van der Waals surface area (Å²) in [7, 11) is 0. The second-order valence-electron chi connectivity index (χ2n) is 5.34. The van der Waals surface area contributed by atoms with Gasteiger partial charge in [0.25, 0.3) is 0 Å². The Bertz CT molecular complexity index is 519. The van der Waals surface area contributed by atoms with Gasteiger partial charge in [0.1, 0.15) is 0 Å². The molecule has 20 heavy (non-hydrogen) atoms. The Labute approximate surface area is 120 Å². The normalized spacial score (nSPS) is 19.9. The summed E-state index contributed by atoms with van der Waals surface area (Å²) in [4.78, 5) is 15.7. The zero-order valence-electron chi connectivity index (χ0n) is 12.1. The summed E-state index contributed by atoms with van der Waals surface area (Å²) in [6.45, 7) is 7.54. The molecule has 0 saturated heterocycles. The third-order valence-electron chi connectivity index (χ3n) is 3.72. The Morgan fingerprint density at radius 2 is 2.25 bits per heavy atom. The van der Waals surface area contributed by atoms with Crippen LogP contribution in [0.2, 0.25) is 0 Å². The van der Waals surface area contributed by atoms with Crippen LogP contribution in [0.4, 0.5) is 0 Å². The molecule has 1 aromatic heterocycles. The summed E-state index contributed by atoms with van der Waals surface area (Å²) < 4.78 is 5.48. The van der Waals surface area contributed by atoms with E-state index < -0.39 is 0 Å². The van der Waals surface area contributed by atoms with Gasteiger partial charge in [0, 0.05) is 13.1 Å². The number of hydrogen-bond donors (Lipinski definition) is 0. The van der Waals surface area contributed by atoms with E-state index in [4.69, 9.17) is 4.74 Å². The van der Waals surface area contributed by atoms with Crippen LogP contribution < -0.4 is 0 Å². The van der Waals surface area contributed by atoms with Gasteiger partial charge in [0.15, 0.2) is 6.10 Å². The van der Waals surface area contributed by atoms with Crippen LogP contribution in [0.5, 0.6) is 0 Å². The van der Waals surface area contributed by atoms with E-state index in [-0.39, 0.29) is 12.1 Å². The van der Waals surface area contributed by atoms with Gasteiger partial charge in [-0.3, -0.25) is 9.78 Å². The minimum atomic E-state index is -0.347. The zero-order chi connectivity index (χ0) is 14.5. The van der Waals surface area contributed by atoms with Gasteiger partial charge in [-0.2, -0.15) is 0 Å². The van der Waals surface area contributed by atoms with E-state index in [9.17, 15) is 4.79 Å². The second kappa shape index (κ2) is 6.51. The van der Waals surface area contributed by atoms with Gasteiger partial charge in [-0.15, -0.1) is 0 Å². The summed E-state index contributed by atoms with van der Waals surface area (Å²) in [5.74, 6) is 0.268. The summed E-state index contributed by atoms with van der Waals surface area (Å²) in [6.07, 6.45) is 6.52. The molecule has 0 saturated carbocycles. The first-order chi connectivity index (χ1) is 9.58. The van der Waals surface area contributed by atoms with E-state index in [1.54, 1.807) is 6.20 Å². The van der Waals surface area contributed by atoms with Crippen molar-refractivity contribution >= 4 is 5.97 Å². The van der Waals surface area contributed by atoms with Crippen LogP contribution in [0, 0.1) is 5.92 Å². The van der Waals surface area contributed by atoms with Crippen LogP contribution in [-0.4, -0.2) is 11.0 Å². The molecule has 0 aromatic carbocycles. The maximum absolute atomic E-state index is 11.4. The molecule has 0 aliphatic heterocycles. The highest BCUT2D eigenvalue weighted by Crippen LogP contribution is 2.35. The van der Waals surface area contributed by atoms with Crippen molar-refractivity contribution in [3.63, 3.8) is 0 Å². The van der Waals surface area contributed by atoms with Crippen molar-refractivity contribution in [2.45, 2.75) is 39.2 Å². The maximum atomic E-state index is 11.4. The molecule has 1 aromatic rings. The molecule has 1 heterocycles. The average molecular weight is 271 g/mol. The summed E-state index contributed by atoms with van der Waals surface area (Å²) in [6, 6.07) is 5.68. The van der Waals surface area contributed by atoms with Crippen molar-refractivity contribution in [1.82, 2.24) is 4.98 Å². The Morgan fingerprint density at radius 1 is 1.45 bits per heavy atom.